The monoisotopic (exact) mass is 262 g/mol. The molecule has 1 amide bonds. The Bertz CT molecular complexity index is 530. The molecule has 2 heterocycles. The number of carbonyl (C=O) groups excluding carboxylic acids is 1. The Balaban J connectivity index is 2.08. The van der Waals surface area contributed by atoms with Crippen molar-refractivity contribution < 1.29 is 14.3 Å². The zero-order valence-electron chi connectivity index (χ0n) is 11.5. The topological polar surface area (TPSA) is 42.0 Å². The van der Waals surface area contributed by atoms with Crippen molar-refractivity contribution in [2.45, 2.75) is 6.04 Å². The van der Waals surface area contributed by atoms with Crippen LogP contribution in [0, 0.1) is 0 Å². The van der Waals surface area contributed by atoms with Gasteiger partial charge in [-0.25, -0.2) is 0 Å². The third kappa shape index (κ3) is 1.76. The van der Waals surface area contributed by atoms with Crippen molar-refractivity contribution in [3.05, 3.63) is 23.3 Å². The number of rotatable bonds is 2. The van der Waals surface area contributed by atoms with Crippen molar-refractivity contribution in [3.8, 4) is 11.5 Å². The van der Waals surface area contributed by atoms with Gasteiger partial charge in [0.15, 0.2) is 11.5 Å². The number of hydrogen-bond acceptors (Lipinski definition) is 4. The van der Waals surface area contributed by atoms with Crippen LogP contribution < -0.4 is 9.47 Å². The van der Waals surface area contributed by atoms with Crippen molar-refractivity contribution in [3.63, 3.8) is 0 Å². The van der Waals surface area contributed by atoms with Gasteiger partial charge < -0.3 is 19.3 Å². The molecule has 0 bridgehead atoms. The van der Waals surface area contributed by atoms with Crippen molar-refractivity contribution in [1.29, 1.82) is 0 Å². The van der Waals surface area contributed by atoms with Gasteiger partial charge in [-0.1, -0.05) is 0 Å². The predicted molar refractivity (Wildman–Crippen MR) is 70.8 cm³/mol. The Morgan fingerprint density at radius 3 is 2.53 bits per heavy atom. The summed E-state index contributed by atoms with van der Waals surface area (Å²) in [6.07, 6.45) is 0. The molecule has 1 unspecified atom stereocenters. The van der Waals surface area contributed by atoms with E-state index in [0.717, 1.165) is 30.8 Å². The van der Waals surface area contributed by atoms with Gasteiger partial charge in [-0.3, -0.25) is 4.79 Å². The second-order valence-corrected chi connectivity index (χ2v) is 5.07. The maximum atomic E-state index is 12.4. The van der Waals surface area contributed by atoms with Gasteiger partial charge in [0.05, 0.1) is 20.3 Å². The Morgan fingerprint density at radius 2 is 1.84 bits per heavy atom. The van der Waals surface area contributed by atoms with Crippen LogP contribution in [-0.2, 0) is 0 Å². The first kappa shape index (κ1) is 12.3. The zero-order chi connectivity index (χ0) is 13.6. The van der Waals surface area contributed by atoms with E-state index in [0.29, 0.717) is 11.5 Å². The van der Waals surface area contributed by atoms with Gasteiger partial charge in [-0.15, -0.1) is 0 Å². The van der Waals surface area contributed by atoms with Crippen molar-refractivity contribution in [2.24, 2.45) is 0 Å². The molecule has 1 atom stereocenters. The summed E-state index contributed by atoms with van der Waals surface area (Å²) in [5.41, 5.74) is 1.80. The molecule has 0 saturated carbocycles. The van der Waals surface area contributed by atoms with Crippen LogP contribution in [0.15, 0.2) is 12.1 Å². The summed E-state index contributed by atoms with van der Waals surface area (Å²) >= 11 is 0. The number of nitrogens with zero attached hydrogens (tertiary/aromatic N) is 2. The molecule has 0 radical (unpaired) electrons. The second kappa shape index (κ2) is 4.42. The van der Waals surface area contributed by atoms with Crippen LogP contribution in [0.3, 0.4) is 0 Å². The van der Waals surface area contributed by atoms with Gasteiger partial charge in [0, 0.05) is 25.2 Å². The molecule has 2 aliphatic heterocycles. The molecule has 5 nitrogen and oxygen atoms in total. The van der Waals surface area contributed by atoms with Gasteiger partial charge in [0.25, 0.3) is 5.91 Å². The summed E-state index contributed by atoms with van der Waals surface area (Å²) in [6.45, 7) is 2.57. The van der Waals surface area contributed by atoms with E-state index in [-0.39, 0.29) is 11.9 Å². The quantitative estimate of drug-likeness (QED) is 0.801. The highest BCUT2D eigenvalue weighted by molar-refractivity contribution is 6.00. The second-order valence-electron chi connectivity index (χ2n) is 5.07. The molecule has 0 spiro atoms. The summed E-state index contributed by atoms with van der Waals surface area (Å²) < 4.78 is 10.6. The maximum Gasteiger partial charge on any atom is 0.254 e. The molecule has 0 aliphatic carbocycles. The zero-order valence-corrected chi connectivity index (χ0v) is 11.5. The van der Waals surface area contributed by atoms with Gasteiger partial charge in [-0.05, 0) is 24.7 Å². The fraction of sp³-hybridized carbons (Fsp3) is 0.500. The molecule has 1 aromatic carbocycles. The van der Waals surface area contributed by atoms with Crippen LogP contribution >= 0.6 is 0 Å². The average Bonchev–Trinajstić information content (AvgIpc) is 2.70. The van der Waals surface area contributed by atoms with Crippen LogP contribution in [0.4, 0.5) is 0 Å². The molecule has 3 rings (SSSR count). The summed E-state index contributed by atoms with van der Waals surface area (Å²) in [4.78, 5) is 16.6. The molecule has 1 aromatic rings. The largest absolute Gasteiger partial charge is 0.493 e. The first-order valence-electron chi connectivity index (χ1n) is 6.41. The van der Waals surface area contributed by atoms with E-state index in [1.165, 1.54) is 0 Å². The lowest BCUT2D eigenvalue weighted by Gasteiger charge is -2.35. The molecule has 19 heavy (non-hydrogen) atoms. The summed E-state index contributed by atoms with van der Waals surface area (Å²) in [5.74, 6) is 1.40. The first-order valence-corrected chi connectivity index (χ1v) is 6.41. The Morgan fingerprint density at radius 1 is 1.16 bits per heavy atom. The summed E-state index contributed by atoms with van der Waals surface area (Å²) in [7, 11) is 5.29. The standard InChI is InChI=1S/C14H18N2O3/c1-15-4-5-16-11(8-15)9-6-12(18-2)13(19-3)7-10(9)14(16)17/h6-7,11H,4-5,8H2,1-3H3. The average molecular weight is 262 g/mol. The number of methoxy groups -OCH3 is 2. The van der Waals surface area contributed by atoms with Gasteiger partial charge in [-0.2, -0.15) is 0 Å². The van der Waals surface area contributed by atoms with Gasteiger partial charge in [0.2, 0.25) is 0 Å². The first-order chi connectivity index (χ1) is 9.15. The van der Waals surface area contributed by atoms with E-state index in [1.807, 2.05) is 11.0 Å². The highest BCUT2D eigenvalue weighted by Gasteiger charge is 2.40. The van der Waals surface area contributed by atoms with Gasteiger partial charge in [0.1, 0.15) is 0 Å². The van der Waals surface area contributed by atoms with Crippen LogP contribution in [0.2, 0.25) is 0 Å². The predicted octanol–water partition coefficient (Wildman–Crippen LogP) is 1.15. The summed E-state index contributed by atoms with van der Waals surface area (Å²) in [5, 5.41) is 0. The van der Waals surface area contributed by atoms with E-state index in [1.54, 1.807) is 20.3 Å². The molecule has 2 aliphatic rings. The minimum atomic E-state index is 0.106. The molecule has 5 heteroatoms. The minimum absolute atomic E-state index is 0.106. The van der Waals surface area contributed by atoms with E-state index in [4.69, 9.17) is 9.47 Å². The van der Waals surface area contributed by atoms with Crippen molar-refractivity contribution >= 4 is 5.91 Å². The third-order valence-corrected chi connectivity index (χ3v) is 3.99. The fourth-order valence-corrected chi connectivity index (χ4v) is 2.94. The van der Waals surface area contributed by atoms with E-state index in [9.17, 15) is 4.79 Å². The number of piperazine rings is 1. The van der Waals surface area contributed by atoms with E-state index in [2.05, 4.69) is 11.9 Å². The highest BCUT2D eigenvalue weighted by atomic mass is 16.5. The smallest absolute Gasteiger partial charge is 0.254 e. The molecule has 0 N–H and O–H groups in total. The highest BCUT2D eigenvalue weighted by Crippen LogP contribution is 2.41. The lowest BCUT2D eigenvalue weighted by molar-refractivity contribution is 0.0570. The maximum absolute atomic E-state index is 12.4. The normalized spacial score (nSPS) is 22.2. The number of benzene rings is 1. The third-order valence-electron chi connectivity index (χ3n) is 3.99. The van der Waals surface area contributed by atoms with Crippen LogP contribution in [-0.4, -0.2) is 56.6 Å². The lowest BCUT2D eigenvalue weighted by Crippen LogP contribution is -2.45. The van der Waals surface area contributed by atoms with E-state index >= 15 is 0 Å². The number of hydrogen-bond donors (Lipinski definition) is 0. The Hall–Kier alpha value is -1.75. The molecule has 102 valence electrons. The molecule has 1 saturated heterocycles. The Kier molecular flexibility index (Phi) is 2.86. The molecule has 1 fully saturated rings. The number of fused-ring (bicyclic) bond motifs is 3. The molecular formula is C14H18N2O3. The van der Waals surface area contributed by atoms with Crippen molar-refractivity contribution in [1.82, 2.24) is 9.80 Å². The number of likely N-dealkylation sites (N-methyl/N-ethyl adjacent to an activating group) is 1. The lowest BCUT2D eigenvalue weighted by atomic mass is 10.0. The van der Waals surface area contributed by atoms with Crippen molar-refractivity contribution in [2.75, 3.05) is 40.9 Å². The summed E-state index contributed by atoms with van der Waals surface area (Å²) in [6, 6.07) is 3.88. The van der Waals surface area contributed by atoms with Gasteiger partial charge >= 0.3 is 0 Å². The molecule has 0 aromatic heterocycles. The van der Waals surface area contributed by atoms with E-state index < -0.39 is 0 Å². The SMILES string of the molecule is COc1cc2c(cc1OC)C1CN(C)CCN1C2=O. The van der Waals surface area contributed by atoms with Crippen LogP contribution in [0.25, 0.3) is 0 Å². The number of ether oxygens (including phenoxy) is 2. The van der Waals surface area contributed by atoms with Crippen LogP contribution in [0.5, 0.6) is 11.5 Å². The van der Waals surface area contributed by atoms with Crippen LogP contribution in [0.1, 0.15) is 22.0 Å². The number of amides is 1. The fourth-order valence-electron chi connectivity index (χ4n) is 2.94. The number of carbonyl (C=O) groups is 1. The Labute approximate surface area is 112 Å². The minimum Gasteiger partial charge on any atom is -0.493 e. The molecular weight excluding hydrogens is 244 g/mol.